The van der Waals surface area contributed by atoms with Crippen molar-refractivity contribution in [3.63, 3.8) is 0 Å². The summed E-state index contributed by atoms with van der Waals surface area (Å²) in [7, 11) is 1.60. The van der Waals surface area contributed by atoms with Crippen LogP contribution < -0.4 is 10.1 Å². The van der Waals surface area contributed by atoms with E-state index in [1.807, 2.05) is 0 Å². The Labute approximate surface area is 108 Å². The maximum atomic E-state index is 5.65. The first-order valence-corrected chi connectivity index (χ1v) is 6.52. The molecule has 18 heavy (non-hydrogen) atoms. The largest absolute Gasteiger partial charge is 0.480 e. The van der Waals surface area contributed by atoms with Gasteiger partial charge in [0.05, 0.1) is 13.7 Å². The predicted octanol–water partition coefficient (Wildman–Crippen LogP) is 1.39. The third-order valence-electron chi connectivity index (χ3n) is 3.24. The van der Waals surface area contributed by atoms with Crippen LogP contribution in [0.3, 0.4) is 0 Å². The summed E-state index contributed by atoms with van der Waals surface area (Å²) in [6.07, 6.45) is 6.98. The molecule has 0 spiro atoms. The van der Waals surface area contributed by atoms with Gasteiger partial charge >= 0.3 is 0 Å². The Bertz CT molecular complexity index is 354. The number of rotatable bonds is 6. The molecule has 1 aromatic rings. The molecule has 0 saturated carbocycles. The van der Waals surface area contributed by atoms with Gasteiger partial charge in [0.15, 0.2) is 0 Å². The normalized spacial score (nSPS) is 19.7. The summed E-state index contributed by atoms with van der Waals surface area (Å²) in [4.78, 5) is 8.30. The average molecular weight is 251 g/mol. The van der Waals surface area contributed by atoms with Gasteiger partial charge in [-0.15, -0.1) is 0 Å². The van der Waals surface area contributed by atoms with E-state index in [0.29, 0.717) is 12.5 Å². The number of piperidine rings is 1. The highest BCUT2D eigenvalue weighted by atomic mass is 16.5. The van der Waals surface area contributed by atoms with Crippen molar-refractivity contribution in [2.45, 2.75) is 25.9 Å². The molecule has 0 aliphatic carbocycles. The maximum Gasteiger partial charge on any atom is 0.237 e. The van der Waals surface area contributed by atoms with E-state index in [-0.39, 0.29) is 0 Å². The minimum atomic E-state index is 0.469. The third kappa shape index (κ3) is 3.92. The number of nitrogens with zero attached hydrogens (tertiary/aromatic N) is 2. The molecule has 5 heteroatoms. The number of hydrogen-bond acceptors (Lipinski definition) is 5. The highest BCUT2D eigenvalue weighted by Crippen LogP contribution is 2.15. The summed E-state index contributed by atoms with van der Waals surface area (Å²) < 4.78 is 10.8. The van der Waals surface area contributed by atoms with Gasteiger partial charge in [-0.3, -0.25) is 4.98 Å². The maximum absolute atomic E-state index is 5.65. The smallest absolute Gasteiger partial charge is 0.237 e. The molecule has 1 N–H and O–H groups in total. The van der Waals surface area contributed by atoms with E-state index in [2.05, 4.69) is 15.3 Å². The lowest BCUT2D eigenvalue weighted by Crippen LogP contribution is -2.30. The van der Waals surface area contributed by atoms with Crippen LogP contribution in [0.25, 0.3) is 0 Å². The summed E-state index contributed by atoms with van der Waals surface area (Å²) in [6, 6.07) is 0. The van der Waals surface area contributed by atoms with Gasteiger partial charge < -0.3 is 14.8 Å². The van der Waals surface area contributed by atoms with Crippen LogP contribution in [0.2, 0.25) is 0 Å². The molecule has 1 fully saturated rings. The van der Waals surface area contributed by atoms with Gasteiger partial charge in [-0.2, -0.15) is 0 Å². The van der Waals surface area contributed by atoms with Crippen LogP contribution >= 0.6 is 0 Å². The van der Waals surface area contributed by atoms with E-state index in [0.717, 1.165) is 37.7 Å². The SMILES string of the molecule is COc1nccnc1COCCC1CCCNC1. The lowest BCUT2D eigenvalue weighted by Gasteiger charge is -2.22. The Kier molecular flexibility index (Phi) is 5.36. The molecular weight excluding hydrogens is 230 g/mol. The van der Waals surface area contributed by atoms with Crippen molar-refractivity contribution in [3.8, 4) is 5.88 Å². The lowest BCUT2D eigenvalue weighted by molar-refractivity contribution is 0.0989. The lowest BCUT2D eigenvalue weighted by atomic mass is 9.97. The Morgan fingerprint density at radius 3 is 3.06 bits per heavy atom. The van der Waals surface area contributed by atoms with Crippen molar-refractivity contribution >= 4 is 0 Å². The van der Waals surface area contributed by atoms with Crippen LogP contribution in [0.5, 0.6) is 5.88 Å². The molecule has 0 aromatic carbocycles. The minimum Gasteiger partial charge on any atom is -0.480 e. The third-order valence-corrected chi connectivity index (χ3v) is 3.24. The Morgan fingerprint density at radius 2 is 2.28 bits per heavy atom. The highest BCUT2D eigenvalue weighted by molar-refractivity contribution is 5.15. The Morgan fingerprint density at radius 1 is 1.39 bits per heavy atom. The highest BCUT2D eigenvalue weighted by Gasteiger charge is 2.12. The van der Waals surface area contributed by atoms with Gasteiger partial charge in [0.25, 0.3) is 0 Å². The topological polar surface area (TPSA) is 56.3 Å². The molecule has 2 rings (SSSR count). The van der Waals surface area contributed by atoms with E-state index in [4.69, 9.17) is 9.47 Å². The molecule has 0 amide bonds. The summed E-state index contributed by atoms with van der Waals surface area (Å²) in [5.74, 6) is 1.30. The van der Waals surface area contributed by atoms with Crippen LogP contribution in [-0.4, -0.2) is 36.8 Å². The van der Waals surface area contributed by atoms with Crippen molar-refractivity contribution in [2.75, 3.05) is 26.8 Å². The van der Waals surface area contributed by atoms with Gasteiger partial charge in [0.2, 0.25) is 5.88 Å². The zero-order valence-corrected chi connectivity index (χ0v) is 10.9. The van der Waals surface area contributed by atoms with Crippen LogP contribution in [0, 0.1) is 5.92 Å². The minimum absolute atomic E-state index is 0.469. The molecule has 1 unspecified atom stereocenters. The van der Waals surface area contributed by atoms with Crippen molar-refractivity contribution in [2.24, 2.45) is 5.92 Å². The van der Waals surface area contributed by atoms with Gasteiger partial charge in [-0.1, -0.05) is 0 Å². The van der Waals surface area contributed by atoms with Crippen LogP contribution in [0.4, 0.5) is 0 Å². The molecule has 2 heterocycles. The van der Waals surface area contributed by atoms with Gasteiger partial charge in [0.1, 0.15) is 5.69 Å². The Balaban J connectivity index is 1.68. The zero-order chi connectivity index (χ0) is 12.6. The Hall–Kier alpha value is -1.20. The van der Waals surface area contributed by atoms with Crippen LogP contribution in [-0.2, 0) is 11.3 Å². The second-order valence-electron chi connectivity index (χ2n) is 4.57. The van der Waals surface area contributed by atoms with E-state index in [9.17, 15) is 0 Å². The fourth-order valence-corrected chi connectivity index (χ4v) is 2.21. The van der Waals surface area contributed by atoms with Gasteiger partial charge in [0, 0.05) is 19.0 Å². The first-order valence-electron chi connectivity index (χ1n) is 6.52. The van der Waals surface area contributed by atoms with E-state index in [1.165, 1.54) is 12.8 Å². The summed E-state index contributed by atoms with van der Waals surface area (Å²) >= 11 is 0. The molecule has 1 aromatic heterocycles. The number of aromatic nitrogens is 2. The molecule has 100 valence electrons. The first kappa shape index (κ1) is 13.2. The summed E-state index contributed by atoms with van der Waals surface area (Å²) in [5, 5.41) is 3.41. The van der Waals surface area contributed by atoms with Crippen molar-refractivity contribution in [1.82, 2.24) is 15.3 Å². The predicted molar refractivity (Wildman–Crippen MR) is 68.5 cm³/mol. The summed E-state index contributed by atoms with van der Waals surface area (Å²) in [6.45, 7) is 3.52. The van der Waals surface area contributed by atoms with Crippen molar-refractivity contribution in [1.29, 1.82) is 0 Å². The van der Waals surface area contributed by atoms with E-state index < -0.39 is 0 Å². The molecule has 1 atom stereocenters. The molecule has 5 nitrogen and oxygen atoms in total. The van der Waals surface area contributed by atoms with E-state index >= 15 is 0 Å². The second kappa shape index (κ2) is 7.28. The number of hydrogen-bond donors (Lipinski definition) is 1. The molecule has 0 radical (unpaired) electrons. The van der Waals surface area contributed by atoms with Crippen molar-refractivity contribution in [3.05, 3.63) is 18.1 Å². The van der Waals surface area contributed by atoms with Crippen LogP contribution in [0.15, 0.2) is 12.4 Å². The van der Waals surface area contributed by atoms with Gasteiger partial charge in [-0.05, 0) is 38.3 Å². The molecule has 1 saturated heterocycles. The number of nitrogens with one attached hydrogen (secondary N) is 1. The van der Waals surface area contributed by atoms with Gasteiger partial charge in [-0.25, -0.2) is 4.98 Å². The number of methoxy groups -OCH3 is 1. The molecular formula is C13H21N3O2. The number of ether oxygens (including phenoxy) is 2. The average Bonchev–Trinajstić information content (AvgIpc) is 2.45. The standard InChI is InChI=1S/C13H21N3O2/c1-17-13-12(15-6-7-16-13)10-18-8-4-11-3-2-5-14-9-11/h6-7,11,14H,2-5,8-10H2,1H3. The monoisotopic (exact) mass is 251 g/mol. The molecule has 0 bridgehead atoms. The zero-order valence-electron chi connectivity index (χ0n) is 10.9. The summed E-state index contributed by atoms with van der Waals surface area (Å²) in [5.41, 5.74) is 0.766. The second-order valence-corrected chi connectivity index (χ2v) is 4.57. The van der Waals surface area contributed by atoms with E-state index in [1.54, 1.807) is 19.5 Å². The fraction of sp³-hybridized carbons (Fsp3) is 0.692. The quantitative estimate of drug-likeness (QED) is 0.774. The van der Waals surface area contributed by atoms with Crippen LogP contribution in [0.1, 0.15) is 25.0 Å². The molecule has 1 aliphatic heterocycles. The first-order chi connectivity index (χ1) is 8.90. The molecule has 1 aliphatic rings. The van der Waals surface area contributed by atoms with Crippen molar-refractivity contribution < 1.29 is 9.47 Å². The fourth-order valence-electron chi connectivity index (χ4n) is 2.21.